The Morgan fingerprint density at radius 3 is 2.27 bits per heavy atom. The highest BCUT2D eigenvalue weighted by atomic mass is 19.4. The number of hydrogen-bond acceptors (Lipinski definition) is 2. The van der Waals surface area contributed by atoms with E-state index in [1.54, 1.807) is 50.0 Å². The molecule has 7 heteroatoms. The number of aromatic nitrogens is 2. The van der Waals surface area contributed by atoms with Crippen LogP contribution in [0.3, 0.4) is 0 Å². The van der Waals surface area contributed by atoms with Gasteiger partial charge in [0.05, 0.1) is 11.9 Å². The van der Waals surface area contributed by atoms with E-state index >= 15 is 0 Å². The van der Waals surface area contributed by atoms with E-state index in [4.69, 9.17) is 0 Å². The van der Waals surface area contributed by atoms with Crippen molar-refractivity contribution in [3.63, 3.8) is 0 Å². The normalized spacial score (nSPS) is 11.4. The predicted molar refractivity (Wildman–Crippen MR) is 90.8 cm³/mol. The zero-order chi connectivity index (χ0) is 18.7. The van der Waals surface area contributed by atoms with Crippen LogP contribution in [0.4, 0.5) is 13.2 Å². The molecule has 134 valence electrons. The summed E-state index contributed by atoms with van der Waals surface area (Å²) < 4.78 is 39.6. The van der Waals surface area contributed by atoms with Gasteiger partial charge in [-0.15, -0.1) is 0 Å². The summed E-state index contributed by atoms with van der Waals surface area (Å²) in [4.78, 5) is 17.9. The smallest absolute Gasteiger partial charge is 0.337 e. The average molecular weight is 359 g/mol. The molecule has 0 aliphatic heterocycles. The number of carbonyl (C=O) groups excluding carboxylic acids is 1. The number of alkyl halides is 3. The molecule has 0 aliphatic carbocycles. The molecule has 0 unspecified atom stereocenters. The second kappa shape index (κ2) is 7.03. The Bertz CT molecular complexity index is 870. The van der Waals surface area contributed by atoms with Crippen molar-refractivity contribution >= 4 is 5.91 Å². The summed E-state index contributed by atoms with van der Waals surface area (Å²) >= 11 is 0. The van der Waals surface area contributed by atoms with Crippen molar-refractivity contribution in [1.82, 2.24) is 14.5 Å². The summed E-state index contributed by atoms with van der Waals surface area (Å²) in [5, 5.41) is 0. The minimum absolute atomic E-state index is 0.206. The Morgan fingerprint density at radius 1 is 1.08 bits per heavy atom. The van der Waals surface area contributed by atoms with Crippen LogP contribution in [-0.2, 0) is 12.7 Å². The first kappa shape index (κ1) is 17.7. The van der Waals surface area contributed by atoms with Crippen LogP contribution in [0.2, 0.25) is 0 Å². The Hall–Kier alpha value is -3.09. The van der Waals surface area contributed by atoms with Crippen LogP contribution >= 0.6 is 0 Å². The van der Waals surface area contributed by atoms with E-state index in [9.17, 15) is 18.0 Å². The molecule has 0 fully saturated rings. The van der Waals surface area contributed by atoms with E-state index in [1.807, 2.05) is 4.57 Å². The summed E-state index contributed by atoms with van der Waals surface area (Å²) in [7, 11) is 1.61. The van der Waals surface area contributed by atoms with Crippen LogP contribution in [0.1, 0.15) is 21.5 Å². The number of halogens is 3. The Balaban J connectivity index is 1.67. The van der Waals surface area contributed by atoms with Crippen molar-refractivity contribution in [1.29, 1.82) is 0 Å². The molecule has 0 radical (unpaired) electrons. The van der Waals surface area contributed by atoms with E-state index in [0.29, 0.717) is 11.1 Å². The van der Waals surface area contributed by atoms with Gasteiger partial charge in [-0.05, 0) is 42.0 Å². The average Bonchev–Trinajstić information content (AvgIpc) is 3.15. The third kappa shape index (κ3) is 3.93. The van der Waals surface area contributed by atoms with Crippen LogP contribution < -0.4 is 0 Å². The Kier molecular flexibility index (Phi) is 4.79. The minimum Gasteiger partial charge on any atom is -0.337 e. The van der Waals surface area contributed by atoms with Crippen LogP contribution in [0.5, 0.6) is 0 Å². The second-order valence-corrected chi connectivity index (χ2v) is 5.87. The van der Waals surface area contributed by atoms with E-state index < -0.39 is 11.7 Å². The molecular formula is C19H16F3N3O. The number of rotatable bonds is 4. The first-order valence-electron chi connectivity index (χ1n) is 7.84. The molecule has 4 nitrogen and oxygen atoms in total. The molecule has 0 spiro atoms. The van der Waals surface area contributed by atoms with Crippen molar-refractivity contribution < 1.29 is 18.0 Å². The second-order valence-electron chi connectivity index (χ2n) is 5.87. The van der Waals surface area contributed by atoms with Crippen molar-refractivity contribution in [2.24, 2.45) is 0 Å². The summed E-state index contributed by atoms with van der Waals surface area (Å²) in [6, 6.07) is 11.8. The highest BCUT2D eigenvalue weighted by molar-refractivity contribution is 5.94. The maximum Gasteiger partial charge on any atom is 0.416 e. The van der Waals surface area contributed by atoms with Gasteiger partial charge in [0.1, 0.15) is 0 Å². The number of hydrogen-bond donors (Lipinski definition) is 0. The van der Waals surface area contributed by atoms with Crippen LogP contribution in [-0.4, -0.2) is 27.4 Å². The molecule has 0 aliphatic rings. The summed E-state index contributed by atoms with van der Waals surface area (Å²) in [6.07, 6.45) is 0.759. The van der Waals surface area contributed by atoms with Crippen molar-refractivity contribution in [3.05, 3.63) is 83.9 Å². The number of carbonyl (C=O) groups is 1. The molecule has 0 saturated heterocycles. The van der Waals surface area contributed by atoms with Crippen LogP contribution in [0.15, 0.2) is 67.3 Å². The molecule has 26 heavy (non-hydrogen) atoms. The molecule has 1 aromatic heterocycles. The SMILES string of the molecule is CN(Cc1ccc(C(F)(F)F)cc1)C(=O)c1ccc(-n2ccnc2)cc1. The molecule has 3 rings (SSSR count). The lowest BCUT2D eigenvalue weighted by Gasteiger charge is -2.18. The summed E-state index contributed by atoms with van der Waals surface area (Å²) in [5.41, 5.74) is 1.31. The predicted octanol–water partition coefficient (Wildman–Crippen LogP) is 4.16. The van der Waals surface area contributed by atoms with Crippen molar-refractivity contribution in [2.45, 2.75) is 12.7 Å². The standard InChI is InChI=1S/C19H16F3N3O/c1-24(12-14-2-6-16(7-3-14)19(20,21)22)18(26)15-4-8-17(9-5-15)25-11-10-23-13-25/h2-11,13H,12H2,1H3. The first-order chi connectivity index (χ1) is 12.3. The van der Waals surface area contributed by atoms with Crippen molar-refractivity contribution in [2.75, 3.05) is 7.05 Å². The summed E-state index contributed by atoms with van der Waals surface area (Å²) in [6.45, 7) is 0.222. The molecule has 0 saturated carbocycles. The molecule has 0 N–H and O–H groups in total. The van der Waals surface area contributed by atoms with Gasteiger partial charge in [-0.25, -0.2) is 4.98 Å². The fourth-order valence-corrected chi connectivity index (χ4v) is 2.55. The van der Waals surface area contributed by atoms with Gasteiger partial charge in [-0.1, -0.05) is 12.1 Å². The third-order valence-electron chi connectivity index (χ3n) is 3.96. The lowest BCUT2D eigenvalue weighted by atomic mass is 10.1. The third-order valence-corrected chi connectivity index (χ3v) is 3.96. The van der Waals surface area contributed by atoms with E-state index in [0.717, 1.165) is 17.8 Å². The van der Waals surface area contributed by atoms with E-state index in [-0.39, 0.29) is 12.5 Å². The molecule has 1 amide bonds. The van der Waals surface area contributed by atoms with Gasteiger partial charge in [0, 0.05) is 37.2 Å². The summed E-state index contributed by atoms with van der Waals surface area (Å²) in [5.74, 6) is -0.206. The lowest BCUT2D eigenvalue weighted by molar-refractivity contribution is -0.137. The van der Waals surface area contributed by atoms with Gasteiger partial charge in [0.15, 0.2) is 0 Å². The molecule has 2 aromatic carbocycles. The molecule has 0 atom stereocenters. The van der Waals surface area contributed by atoms with E-state index in [2.05, 4.69) is 4.98 Å². The monoisotopic (exact) mass is 359 g/mol. The largest absolute Gasteiger partial charge is 0.416 e. The van der Waals surface area contributed by atoms with Gasteiger partial charge >= 0.3 is 6.18 Å². The van der Waals surface area contributed by atoms with Gasteiger partial charge < -0.3 is 9.47 Å². The van der Waals surface area contributed by atoms with Gasteiger partial charge in [0.25, 0.3) is 5.91 Å². The fourth-order valence-electron chi connectivity index (χ4n) is 2.55. The van der Waals surface area contributed by atoms with Gasteiger partial charge in [0.2, 0.25) is 0 Å². The van der Waals surface area contributed by atoms with Gasteiger partial charge in [-0.2, -0.15) is 13.2 Å². The van der Waals surface area contributed by atoms with Crippen molar-refractivity contribution in [3.8, 4) is 5.69 Å². The lowest BCUT2D eigenvalue weighted by Crippen LogP contribution is -2.26. The molecule has 0 bridgehead atoms. The quantitative estimate of drug-likeness (QED) is 0.701. The van der Waals surface area contributed by atoms with Crippen LogP contribution in [0, 0.1) is 0 Å². The number of amides is 1. The topological polar surface area (TPSA) is 38.1 Å². The first-order valence-corrected chi connectivity index (χ1v) is 7.84. The zero-order valence-electron chi connectivity index (χ0n) is 13.9. The number of imidazole rings is 1. The highest BCUT2D eigenvalue weighted by Gasteiger charge is 2.30. The Morgan fingerprint density at radius 2 is 1.73 bits per heavy atom. The molecule has 1 heterocycles. The van der Waals surface area contributed by atoms with E-state index in [1.165, 1.54) is 17.0 Å². The maximum absolute atomic E-state index is 12.6. The zero-order valence-corrected chi connectivity index (χ0v) is 13.9. The number of benzene rings is 2. The maximum atomic E-state index is 12.6. The minimum atomic E-state index is -4.36. The molecule has 3 aromatic rings. The Labute approximate surface area is 148 Å². The number of nitrogens with zero attached hydrogens (tertiary/aromatic N) is 3. The highest BCUT2D eigenvalue weighted by Crippen LogP contribution is 2.29. The van der Waals surface area contributed by atoms with Gasteiger partial charge in [-0.3, -0.25) is 4.79 Å². The fraction of sp³-hybridized carbons (Fsp3) is 0.158. The van der Waals surface area contributed by atoms with Crippen LogP contribution in [0.25, 0.3) is 5.69 Å². The molecular weight excluding hydrogens is 343 g/mol.